The fraction of sp³-hybridized carbons (Fsp3) is 0.261. The van der Waals surface area contributed by atoms with Crippen molar-refractivity contribution in [3.05, 3.63) is 87.0 Å². The molecule has 3 aromatic rings. The molecule has 0 fully saturated rings. The van der Waals surface area contributed by atoms with Gasteiger partial charge in [0.1, 0.15) is 22.9 Å². The molecule has 0 aliphatic carbocycles. The molecule has 2 amide bonds. The number of furan rings is 1. The minimum Gasteiger partial charge on any atom is -0.496 e. The average Bonchev–Trinajstić information content (AvgIpc) is 3.24. The highest BCUT2D eigenvalue weighted by Gasteiger charge is 2.28. The Bertz CT molecular complexity index is 1300. The second-order valence-electron chi connectivity index (χ2n) is 7.57. The largest absolute Gasteiger partial charge is 0.496 e. The van der Waals surface area contributed by atoms with Crippen molar-refractivity contribution < 1.29 is 31.9 Å². The molecule has 3 heterocycles. The van der Waals surface area contributed by atoms with Gasteiger partial charge in [0.15, 0.2) is 11.6 Å². The van der Waals surface area contributed by atoms with E-state index in [9.17, 15) is 27.6 Å². The standard InChI is InChI=1S/C23H20F3N3O5/c1-33-19-11-20(30)29-7-6-28(23(32)14-9-16(25)17(26)10-15(14)24)5-4-18(29)21(19)22(31)27-12-13-3-2-8-34-13/h2-3,8-11H,4-7,12H2,1H3,(H,27,31). The molecule has 8 nitrogen and oxygen atoms in total. The Morgan fingerprint density at radius 1 is 1.09 bits per heavy atom. The summed E-state index contributed by atoms with van der Waals surface area (Å²) in [7, 11) is 1.33. The summed E-state index contributed by atoms with van der Waals surface area (Å²) < 4.78 is 52.9. The lowest BCUT2D eigenvalue weighted by Crippen LogP contribution is -2.35. The van der Waals surface area contributed by atoms with Crippen LogP contribution in [-0.4, -0.2) is 41.5 Å². The number of carbonyl (C=O) groups excluding carboxylic acids is 2. The Hall–Kier alpha value is -4.02. The third-order valence-electron chi connectivity index (χ3n) is 5.57. The Kier molecular flexibility index (Phi) is 6.44. The van der Waals surface area contributed by atoms with E-state index in [0.29, 0.717) is 23.6 Å². The molecule has 2 aromatic heterocycles. The number of fused-ring (bicyclic) bond motifs is 1. The van der Waals surface area contributed by atoms with Gasteiger partial charge in [0.2, 0.25) is 0 Å². The molecule has 0 saturated carbocycles. The Balaban J connectivity index is 1.63. The minimum atomic E-state index is -1.40. The van der Waals surface area contributed by atoms with Gasteiger partial charge in [0.25, 0.3) is 17.4 Å². The normalized spacial score (nSPS) is 13.2. The van der Waals surface area contributed by atoms with Crippen LogP contribution in [0, 0.1) is 17.5 Å². The number of methoxy groups -OCH3 is 1. The van der Waals surface area contributed by atoms with E-state index in [0.717, 1.165) is 0 Å². The van der Waals surface area contributed by atoms with E-state index in [1.165, 1.54) is 28.9 Å². The van der Waals surface area contributed by atoms with Crippen molar-refractivity contribution in [2.75, 3.05) is 20.2 Å². The molecule has 4 rings (SSSR count). The summed E-state index contributed by atoms with van der Waals surface area (Å²) in [4.78, 5) is 39.8. The predicted octanol–water partition coefficient (Wildman–Crippen LogP) is 2.50. The van der Waals surface area contributed by atoms with Crippen LogP contribution in [0.3, 0.4) is 0 Å². The molecule has 1 N–H and O–H groups in total. The first-order valence-electron chi connectivity index (χ1n) is 10.3. The summed E-state index contributed by atoms with van der Waals surface area (Å²) in [5, 5.41) is 2.71. The Morgan fingerprint density at radius 3 is 2.56 bits per heavy atom. The van der Waals surface area contributed by atoms with Gasteiger partial charge < -0.3 is 23.9 Å². The first-order chi connectivity index (χ1) is 16.3. The van der Waals surface area contributed by atoms with Crippen LogP contribution in [0.15, 0.2) is 45.8 Å². The van der Waals surface area contributed by atoms with Gasteiger partial charge >= 0.3 is 0 Å². The van der Waals surface area contributed by atoms with E-state index in [1.54, 1.807) is 12.1 Å². The van der Waals surface area contributed by atoms with Crippen LogP contribution in [0.25, 0.3) is 0 Å². The molecule has 0 atom stereocenters. The maximum Gasteiger partial charge on any atom is 0.257 e. The molecule has 1 aliphatic rings. The Labute approximate surface area is 191 Å². The first kappa shape index (κ1) is 23.1. The van der Waals surface area contributed by atoms with Crippen molar-refractivity contribution in [3.8, 4) is 5.75 Å². The number of halogens is 3. The molecular weight excluding hydrogens is 455 g/mol. The highest BCUT2D eigenvalue weighted by atomic mass is 19.2. The summed E-state index contributed by atoms with van der Waals surface area (Å²) in [5.41, 5.74) is -0.599. The second-order valence-corrected chi connectivity index (χ2v) is 7.57. The number of ether oxygens (including phenoxy) is 1. The topological polar surface area (TPSA) is 93.8 Å². The lowest BCUT2D eigenvalue weighted by atomic mass is 10.1. The summed E-state index contributed by atoms with van der Waals surface area (Å²) in [6.45, 7) is 0.105. The van der Waals surface area contributed by atoms with E-state index in [1.807, 2.05) is 0 Å². The van der Waals surface area contributed by atoms with Crippen LogP contribution in [0.1, 0.15) is 32.2 Å². The SMILES string of the molecule is COc1cc(=O)n2c(c1C(=O)NCc1ccco1)CCN(C(=O)c1cc(F)c(F)cc1F)CC2. The number of hydrogen-bond donors (Lipinski definition) is 1. The third kappa shape index (κ3) is 4.41. The zero-order chi connectivity index (χ0) is 24.4. The molecule has 34 heavy (non-hydrogen) atoms. The van der Waals surface area contributed by atoms with Gasteiger partial charge in [-0.2, -0.15) is 0 Å². The van der Waals surface area contributed by atoms with Crippen LogP contribution in [0.2, 0.25) is 0 Å². The van der Waals surface area contributed by atoms with Gasteiger partial charge in [-0.3, -0.25) is 14.4 Å². The maximum absolute atomic E-state index is 14.1. The summed E-state index contributed by atoms with van der Waals surface area (Å²) in [6.07, 6.45) is 1.53. The minimum absolute atomic E-state index is 0.00232. The fourth-order valence-electron chi connectivity index (χ4n) is 3.88. The van der Waals surface area contributed by atoms with Gasteiger partial charge in [-0.25, -0.2) is 13.2 Å². The molecule has 0 saturated heterocycles. The molecule has 1 aliphatic heterocycles. The highest BCUT2D eigenvalue weighted by Crippen LogP contribution is 2.24. The van der Waals surface area contributed by atoms with Crippen molar-refractivity contribution in [2.45, 2.75) is 19.5 Å². The van der Waals surface area contributed by atoms with Crippen LogP contribution in [-0.2, 0) is 19.5 Å². The molecule has 0 radical (unpaired) electrons. The van der Waals surface area contributed by atoms with Crippen LogP contribution < -0.4 is 15.6 Å². The average molecular weight is 475 g/mol. The summed E-state index contributed by atoms with van der Waals surface area (Å²) >= 11 is 0. The zero-order valence-electron chi connectivity index (χ0n) is 18.1. The lowest BCUT2D eigenvalue weighted by Gasteiger charge is -2.20. The number of carbonyl (C=O) groups is 2. The van der Waals surface area contributed by atoms with Crippen LogP contribution in [0.4, 0.5) is 13.2 Å². The van der Waals surface area contributed by atoms with Crippen molar-refractivity contribution >= 4 is 11.8 Å². The van der Waals surface area contributed by atoms with Gasteiger partial charge in [0.05, 0.1) is 25.5 Å². The van der Waals surface area contributed by atoms with E-state index in [-0.39, 0.29) is 43.9 Å². The maximum atomic E-state index is 14.1. The molecule has 0 bridgehead atoms. The van der Waals surface area contributed by atoms with Gasteiger partial charge in [-0.05, 0) is 18.2 Å². The van der Waals surface area contributed by atoms with Gasteiger partial charge in [-0.15, -0.1) is 0 Å². The van der Waals surface area contributed by atoms with E-state index >= 15 is 0 Å². The highest BCUT2D eigenvalue weighted by molar-refractivity contribution is 5.98. The zero-order valence-corrected chi connectivity index (χ0v) is 18.1. The number of rotatable bonds is 5. The van der Waals surface area contributed by atoms with E-state index < -0.39 is 40.4 Å². The van der Waals surface area contributed by atoms with E-state index in [2.05, 4.69) is 5.32 Å². The number of nitrogens with zero attached hydrogens (tertiary/aromatic N) is 2. The molecular formula is C23H20F3N3O5. The predicted molar refractivity (Wildman–Crippen MR) is 113 cm³/mol. The van der Waals surface area contributed by atoms with Crippen molar-refractivity contribution in [2.24, 2.45) is 0 Å². The summed E-state index contributed by atoms with van der Waals surface area (Å²) in [6, 6.07) is 5.36. The molecule has 0 spiro atoms. The molecule has 1 aromatic carbocycles. The van der Waals surface area contributed by atoms with Crippen LogP contribution in [0.5, 0.6) is 5.75 Å². The first-order valence-corrected chi connectivity index (χ1v) is 10.3. The molecule has 0 unspecified atom stereocenters. The second kappa shape index (κ2) is 9.46. The number of hydrogen-bond acceptors (Lipinski definition) is 5. The number of pyridine rings is 1. The van der Waals surface area contributed by atoms with Gasteiger partial charge in [-0.1, -0.05) is 0 Å². The van der Waals surface area contributed by atoms with Crippen LogP contribution >= 0.6 is 0 Å². The lowest BCUT2D eigenvalue weighted by molar-refractivity contribution is 0.0753. The van der Waals surface area contributed by atoms with Gasteiger partial charge in [0, 0.05) is 43.9 Å². The monoisotopic (exact) mass is 475 g/mol. The molecule has 178 valence electrons. The number of amides is 2. The number of aromatic nitrogens is 1. The fourth-order valence-corrected chi connectivity index (χ4v) is 3.88. The van der Waals surface area contributed by atoms with Crippen molar-refractivity contribution in [1.29, 1.82) is 0 Å². The number of nitrogens with one attached hydrogen (secondary N) is 1. The van der Waals surface area contributed by atoms with E-state index in [4.69, 9.17) is 9.15 Å². The van der Waals surface area contributed by atoms with Crippen molar-refractivity contribution in [1.82, 2.24) is 14.8 Å². The quantitative estimate of drug-likeness (QED) is 0.573. The molecule has 11 heteroatoms. The number of benzene rings is 1. The smallest absolute Gasteiger partial charge is 0.257 e. The third-order valence-corrected chi connectivity index (χ3v) is 5.57. The summed E-state index contributed by atoms with van der Waals surface area (Å²) in [5.74, 6) is -4.71. The Morgan fingerprint density at radius 2 is 1.85 bits per heavy atom. The van der Waals surface area contributed by atoms with Crippen molar-refractivity contribution in [3.63, 3.8) is 0 Å².